The second-order valence-electron chi connectivity index (χ2n) is 6.42. The van der Waals surface area contributed by atoms with E-state index in [1.165, 1.54) is 0 Å². The lowest BCUT2D eigenvalue weighted by atomic mass is 10.1. The van der Waals surface area contributed by atoms with E-state index < -0.39 is 0 Å². The first-order valence-electron chi connectivity index (χ1n) is 9.00. The van der Waals surface area contributed by atoms with Crippen LogP contribution in [0.5, 0.6) is 5.88 Å². The maximum atomic E-state index is 9.08. The van der Waals surface area contributed by atoms with E-state index >= 15 is 0 Å². The highest BCUT2D eigenvalue weighted by atomic mass is 16.5. The molecular weight excluding hydrogens is 382 g/mol. The van der Waals surface area contributed by atoms with E-state index in [4.69, 9.17) is 19.0 Å². The first-order valence-corrected chi connectivity index (χ1v) is 9.00. The van der Waals surface area contributed by atoms with Crippen molar-refractivity contribution in [2.75, 3.05) is 7.11 Å². The minimum Gasteiger partial charge on any atom is -0.481 e. The maximum Gasteiger partial charge on any atom is 0.296 e. The second kappa shape index (κ2) is 7.14. The van der Waals surface area contributed by atoms with Crippen molar-refractivity contribution in [3.8, 4) is 46.2 Å². The smallest absolute Gasteiger partial charge is 0.296 e. The van der Waals surface area contributed by atoms with E-state index in [1.54, 1.807) is 37.4 Å². The molecule has 3 aromatic heterocycles. The Morgan fingerprint density at radius 3 is 2.70 bits per heavy atom. The number of rotatable bonds is 4. The van der Waals surface area contributed by atoms with Crippen LogP contribution in [-0.2, 0) is 0 Å². The molecule has 5 aromatic rings. The molecular formula is C22H13N5O3. The van der Waals surface area contributed by atoms with Gasteiger partial charge in [0.2, 0.25) is 17.5 Å². The van der Waals surface area contributed by atoms with Crippen LogP contribution in [0.15, 0.2) is 69.7 Å². The van der Waals surface area contributed by atoms with Crippen LogP contribution in [0, 0.1) is 11.3 Å². The van der Waals surface area contributed by atoms with Crippen LogP contribution in [0.1, 0.15) is 5.56 Å². The Morgan fingerprint density at radius 2 is 1.83 bits per heavy atom. The molecule has 144 valence electrons. The van der Waals surface area contributed by atoms with E-state index in [-0.39, 0.29) is 5.89 Å². The normalized spacial score (nSPS) is 10.8. The summed E-state index contributed by atoms with van der Waals surface area (Å²) in [6.45, 7) is 0. The second-order valence-corrected chi connectivity index (χ2v) is 6.42. The van der Waals surface area contributed by atoms with E-state index in [9.17, 15) is 0 Å². The van der Waals surface area contributed by atoms with Crippen LogP contribution in [0.3, 0.4) is 0 Å². The van der Waals surface area contributed by atoms with Crippen LogP contribution in [0.2, 0.25) is 0 Å². The first kappa shape index (κ1) is 17.6. The van der Waals surface area contributed by atoms with Crippen LogP contribution in [0.25, 0.3) is 45.2 Å². The molecule has 0 atom stereocenters. The lowest BCUT2D eigenvalue weighted by Crippen LogP contribution is -1.92. The predicted octanol–water partition coefficient (Wildman–Crippen LogP) is 4.49. The predicted molar refractivity (Wildman–Crippen MR) is 107 cm³/mol. The molecule has 0 spiro atoms. The number of nitriles is 1. The fraction of sp³-hybridized carbons (Fsp3) is 0.0455. The fourth-order valence-electron chi connectivity index (χ4n) is 3.13. The fourth-order valence-corrected chi connectivity index (χ4v) is 3.13. The van der Waals surface area contributed by atoms with Gasteiger partial charge in [0.25, 0.3) is 5.89 Å². The summed E-state index contributed by atoms with van der Waals surface area (Å²) in [6, 6.07) is 20.3. The number of ether oxygens (including phenoxy) is 1. The summed E-state index contributed by atoms with van der Waals surface area (Å²) in [5.74, 6) is 1.36. The van der Waals surface area contributed by atoms with Crippen molar-refractivity contribution in [3.05, 3.63) is 66.2 Å². The van der Waals surface area contributed by atoms with Gasteiger partial charge in [0, 0.05) is 28.6 Å². The molecule has 0 bridgehead atoms. The molecule has 0 radical (unpaired) electrons. The summed E-state index contributed by atoms with van der Waals surface area (Å²) in [7, 11) is 1.56. The van der Waals surface area contributed by atoms with Gasteiger partial charge in [0.1, 0.15) is 5.69 Å². The van der Waals surface area contributed by atoms with Crippen molar-refractivity contribution in [1.82, 2.24) is 20.3 Å². The molecule has 0 aliphatic rings. The Morgan fingerprint density at radius 1 is 0.933 bits per heavy atom. The summed E-state index contributed by atoms with van der Waals surface area (Å²) in [6.07, 6.45) is 0. The third-order valence-electron chi connectivity index (χ3n) is 4.58. The minimum atomic E-state index is 0.194. The molecule has 8 heteroatoms. The van der Waals surface area contributed by atoms with Gasteiger partial charge in [-0.3, -0.25) is 0 Å². The van der Waals surface area contributed by atoms with Crippen LogP contribution >= 0.6 is 0 Å². The zero-order valence-corrected chi connectivity index (χ0v) is 15.7. The van der Waals surface area contributed by atoms with Gasteiger partial charge in [-0.1, -0.05) is 40.6 Å². The van der Waals surface area contributed by atoms with Crippen LogP contribution in [0.4, 0.5) is 0 Å². The number of nitrogens with zero attached hydrogens (tertiary/aromatic N) is 5. The maximum absolute atomic E-state index is 9.08. The van der Waals surface area contributed by atoms with E-state index in [0.717, 1.165) is 22.0 Å². The van der Waals surface area contributed by atoms with Crippen molar-refractivity contribution in [2.24, 2.45) is 0 Å². The molecule has 2 aromatic carbocycles. The van der Waals surface area contributed by atoms with E-state index in [2.05, 4.69) is 26.4 Å². The molecule has 0 fully saturated rings. The highest BCUT2D eigenvalue weighted by Gasteiger charge is 2.19. The molecule has 0 saturated carbocycles. The largest absolute Gasteiger partial charge is 0.481 e. The molecule has 0 N–H and O–H groups in total. The Balaban J connectivity index is 1.54. The number of hydrogen-bond donors (Lipinski definition) is 0. The molecule has 5 rings (SSSR count). The highest BCUT2D eigenvalue weighted by molar-refractivity contribution is 5.93. The van der Waals surface area contributed by atoms with Gasteiger partial charge in [-0.25, -0.2) is 4.98 Å². The summed E-state index contributed by atoms with van der Waals surface area (Å²) in [5.41, 5.74) is 3.36. The lowest BCUT2D eigenvalue weighted by Gasteiger charge is -2.05. The van der Waals surface area contributed by atoms with Gasteiger partial charge < -0.3 is 13.8 Å². The number of aromatic nitrogens is 4. The Labute approximate surface area is 170 Å². The number of methoxy groups -OCH3 is 1. The van der Waals surface area contributed by atoms with Gasteiger partial charge >= 0.3 is 0 Å². The highest BCUT2D eigenvalue weighted by Crippen LogP contribution is 2.31. The zero-order chi connectivity index (χ0) is 20.5. The van der Waals surface area contributed by atoms with Crippen molar-refractivity contribution in [3.63, 3.8) is 0 Å². The number of hydrogen-bond acceptors (Lipinski definition) is 8. The standard InChI is InChI=1S/C22H13N5O3/c1-28-20-10-16(15-7-2-3-8-17(15)24-20)21-25-22(30-27-21)19-11-18(26-29-19)14-6-4-5-13(9-14)12-23/h2-11H,1H3. The van der Waals surface area contributed by atoms with E-state index in [0.29, 0.717) is 28.7 Å². The Bertz CT molecular complexity index is 1410. The average Bonchev–Trinajstić information content (AvgIpc) is 3.48. The molecule has 0 aliphatic carbocycles. The molecule has 30 heavy (non-hydrogen) atoms. The number of fused-ring (bicyclic) bond motifs is 1. The summed E-state index contributed by atoms with van der Waals surface area (Å²) < 4.78 is 16.1. The van der Waals surface area contributed by atoms with Gasteiger partial charge in [0.15, 0.2) is 0 Å². The summed E-state index contributed by atoms with van der Waals surface area (Å²) >= 11 is 0. The molecule has 0 saturated heterocycles. The molecule has 0 unspecified atom stereocenters. The molecule has 3 heterocycles. The van der Waals surface area contributed by atoms with Crippen LogP contribution in [-0.4, -0.2) is 27.4 Å². The Kier molecular flexibility index (Phi) is 4.19. The minimum absolute atomic E-state index is 0.194. The quantitative estimate of drug-likeness (QED) is 0.438. The van der Waals surface area contributed by atoms with Crippen molar-refractivity contribution < 1.29 is 13.8 Å². The SMILES string of the molecule is COc1cc(-c2noc(-c3cc(-c4cccc(C#N)c4)no3)n2)c2ccccc2n1. The number of pyridine rings is 1. The van der Waals surface area contributed by atoms with Gasteiger partial charge in [0.05, 0.1) is 24.3 Å². The third kappa shape index (κ3) is 3.04. The van der Waals surface area contributed by atoms with Crippen LogP contribution < -0.4 is 4.74 Å². The van der Waals surface area contributed by atoms with Crippen molar-refractivity contribution in [1.29, 1.82) is 5.26 Å². The average molecular weight is 395 g/mol. The summed E-state index contributed by atoms with van der Waals surface area (Å²) in [5, 5.41) is 18.1. The zero-order valence-electron chi connectivity index (χ0n) is 15.7. The van der Waals surface area contributed by atoms with Gasteiger partial charge in [-0.15, -0.1) is 0 Å². The lowest BCUT2D eigenvalue weighted by molar-refractivity contribution is 0.386. The van der Waals surface area contributed by atoms with Crippen molar-refractivity contribution >= 4 is 10.9 Å². The number of benzene rings is 2. The topological polar surface area (TPSA) is 111 Å². The Hall–Kier alpha value is -4.51. The number of para-hydroxylation sites is 1. The van der Waals surface area contributed by atoms with Gasteiger partial charge in [-0.05, 0) is 18.2 Å². The van der Waals surface area contributed by atoms with Gasteiger partial charge in [-0.2, -0.15) is 10.2 Å². The monoisotopic (exact) mass is 395 g/mol. The molecule has 0 amide bonds. The van der Waals surface area contributed by atoms with Crippen molar-refractivity contribution in [2.45, 2.75) is 0 Å². The molecule has 0 aliphatic heterocycles. The van der Waals surface area contributed by atoms with E-state index in [1.807, 2.05) is 30.3 Å². The first-order chi connectivity index (χ1) is 14.7. The summed E-state index contributed by atoms with van der Waals surface area (Å²) in [4.78, 5) is 8.91. The third-order valence-corrected chi connectivity index (χ3v) is 4.58. The molecule has 8 nitrogen and oxygen atoms in total.